The minimum Gasteiger partial charge on any atom is -0.481 e. The van der Waals surface area contributed by atoms with E-state index in [1.165, 1.54) is 13.8 Å². The normalized spacial score (nSPS) is 11.8. The lowest BCUT2D eigenvalue weighted by atomic mass is 9.89. The maximum absolute atomic E-state index is 11.4. The Morgan fingerprint density at radius 1 is 1.15 bits per heavy atom. The molecule has 0 bridgehead atoms. The Morgan fingerprint density at radius 3 is 2.15 bits per heavy atom. The van der Waals surface area contributed by atoms with Crippen LogP contribution in [0.25, 0.3) is 0 Å². The number of hydrogen-bond donors (Lipinski definition) is 4. The lowest BCUT2D eigenvalue weighted by molar-refractivity contribution is -0.149. The van der Waals surface area contributed by atoms with Gasteiger partial charge in [0.15, 0.2) is 0 Å². The fraction of sp³-hybridized carbons (Fsp3) is 0.700. The van der Waals surface area contributed by atoms with Gasteiger partial charge in [-0.15, -0.1) is 0 Å². The molecule has 0 unspecified atom stereocenters. The zero-order chi connectivity index (χ0) is 16.0. The van der Waals surface area contributed by atoms with Crippen LogP contribution in [0.5, 0.6) is 0 Å². The maximum Gasteiger partial charge on any atom is 0.321 e. The number of hydrogen-bond acceptors (Lipinski definition) is 5. The number of nitrogens with one attached hydrogen (secondary N) is 3. The molecule has 9 nitrogen and oxygen atoms in total. The van der Waals surface area contributed by atoms with Crippen LogP contribution in [0, 0.1) is 5.41 Å². The summed E-state index contributed by atoms with van der Waals surface area (Å²) in [5.74, 6) is -1.88. The van der Waals surface area contributed by atoms with E-state index in [9.17, 15) is 22.8 Å². The summed E-state index contributed by atoms with van der Waals surface area (Å²) >= 11 is 0. The summed E-state index contributed by atoms with van der Waals surface area (Å²) in [6.07, 6.45) is 0.627. The topological polar surface area (TPSA) is 142 Å². The summed E-state index contributed by atoms with van der Waals surface area (Å²) in [6.45, 7) is 2.71. The van der Waals surface area contributed by atoms with Crippen LogP contribution < -0.4 is 15.4 Å². The highest BCUT2D eigenvalue weighted by molar-refractivity contribution is 7.88. The van der Waals surface area contributed by atoms with Crippen LogP contribution in [0.15, 0.2) is 0 Å². The number of amides is 3. The Hall–Kier alpha value is -1.68. The van der Waals surface area contributed by atoms with Crippen LogP contribution >= 0.6 is 0 Å². The van der Waals surface area contributed by atoms with Crippen molar-refractivity contribution in [3.63, 3.8) is 0 Å². The predicted molar refractivity (Wildman–Crippen MR) is 70.4 cm³/mol. The average Bonchev–Trinajstić information content (AvgIpc) is 2.21. The van der Waals surface area contributed by atoms with Gasteiger partial charge in [-0.3, -0.25) is 14.9 Å². The molecule has 0 aromatic carbocycles. The summed E-state index contributed by atoms with van der Waals surface area (Å²) < 4.78 is 23.6. The van der Waals surface area contributed by atoms with Crippen molar-refractivity contribution in [2.75, 3.05) is 19.3 Å². The third-order valence-corrected chi connectivity index (χ3v) is 2.94. The van der Waals surface area contributed by atoms with Crippen molar-refractivity contribution >= 4 is 27.9 Å². The van der Waals surface area contributed by atoms with E-state index in [4.69, 9.17) is 5.11 Å². The van der Waals surface area contributed by atoms with Crippen molar-refractivity contribution in [1.29, 1.82) is 0 Å². The summed E-state index contributed by atoms with van der Waals surface area (Å²) in [7, 11) is -3.33. The Bertz CT molecular complexity index is 485. The van der Waals surface area contributed by atoms with E-state index >= 15 is 0 Å². The number of imide groups is 1. The molecule has 0 radical (unpaired) electrons. The lowest BCUT2D eigenvalue weighted by Gasteiger charge is -2.17. The van der Waals surface area contributed by atoms with E-state index in [0.29, 0.717) is 0 Å². The highest BCUT2D eigenvalue weighted by atomic mass is 32.2. The van der Waals surface area contributed by atoms with Gasteiger partial charge in [0.05, 0.1) is 11.7 Å². The number of carboxylic acid groups (broad SMARTS) is 1. The molecule has 0 rings (SSSR count). The molecule has 0 saturated heterocycles. The highest BCUT2D eigenvalue weighted by Crippen LogP contribution is 2.19. The van der Waals surface area contributed by atoms with Gasteiger partial charge in [-0.05, 0) is 13.8 Å². The largest absolute Gasteiger partial charge is 0.481 e. The van der Waals surface area contributed by atoms with Crippen molar-refractivity contribution in [3.8, 4) is 0 Å². The molecule has 0 aliphatic rings. The second-order valence-electron chi connectivity index (χ2n) is 4.84. The van der Waals surface area contributed by atoms with Crippen molar-refractivity contribution in [2.24, 2.45) is 5.41 Å². The van der Waals surface area contributed by atoms with Gasteiger partial charge in [-0.25, -0.2) is 17.9 Å². The summed E-state index contributed by atoms with van der Waals surface area (Å²) in [4.78, 5) is 33.5. The summed E-state index contributed by atoms with van der Waals surface area (Å²) in [5, 5.41) is 13.0. The van der Waals surface area contributed by atoms with Gasteiger partial charge in [-0.1, -0.05) is 0 Å². The molecule has 4 N–H and O–H groups in total. The number of carbonyl (C=O) groups excluding carboxylic acids is 2. The highest BCUT2D eigenvalue weighted by Gasteiger charge is 2.30. The molecular weight excluding hydrogens is 290 g/mol. The molecule has 0 aliphatic carbocycles. The standard InChI is InChI=1S/C10H19N3O6S/c1-10(2,8(15)16)6-7(14)13-9(17)11-4-5-12-20(3,18)19/h12H,4-6H2,1-3H3,(H,15,16)(H2,11,13,14,17). The molecule has 0 heterocycles. The molecule has 116 valence electrons. The van der Waals surface area contributed by atoms with Crippen LogP contribution in [0.3, 0.4) is 0 Å². The zero-order valence-electron chi connectivity index (χ0n) is 11.5. The van der Waals surface area contributed by atoms with E-state index in [1.54, 1.807) is 0 Å². The van der Waals surface area contributed by atoms with Crippen LogP contribution in [-0.2, 0) is 19.6 Å². The fourth-order valence-electron chi connectivity index (χ4n) is 1.10. The van der Waals surface area contributed by atoms with Crippen molar-refractivity contribution in [1.82, 2.24) is 15.4 Å². The Balaban J connectivity index is 4.04. The quantitative estimate of drug-likeness (QED) is 0.438. The average molecular weight is 309 g/mol. The van der Waals surface area contributed by atoms with Crippen molar-refractivity contribution in [2.45, 2.75) is 20.3 Å². The minimum atomic E-state index is -3.33. The van der Waals surface area contributed by atoms with E-state index in [1.807, 2.05) is 5.32 Å². The van der Waals surface area contributed by atoms with Crippen LogP contribution in [0.2, 0.25) is 0 Å². The second-order valence-corrected chi connectivity index (χ2v) is 6.67. The number of rotatable bonds is 7. The molecule has 0 atom stereocenters. The van der Waals surface area contributed by atoms with Crippen LogP contribution in [-0.4, -0.2) is 50.8 Å². The molecule has 3 amide bonds. The molecule has 0 aliphatic heterocycles. The van der Waals surface area contributed by atoms with Crippen molar-refractivity contribution in [3.05, 3.63) is 0 Å². The van der Waals surface area contributed by atoms with Gasteiger partial charge in [-0.2, -0.15) is 0 Å². The molecule has 0 saturated carbocycles. The van der Waals surface area contributed by atoms with Gasteiger partial charge >= 0.3 is 12.0 Å². The van der Waals surface area contributed by atoms with E-state index in [2.05, 4.69) is 10.0 Å². The number of aliphatic carboxylic acids is 1. The third kappa shape index (κ3) is 8.43. The first kappa shape index (κ1) is 18.3. The smallest absolute Gasteiger partial charge is 0.321 e. The predicted octanol–water partition coefficient (Wildman–Crippen LogP) is -1.14. The minimum absolute atomic E-state index is 0.00545. The number of urea groups is 1. The first-order valence-electron chi connectivity index (χ1n) is 5.70. The van der Waals surface area contributed by atoms with Gasteiger partial charge in [0, 0.05) is 19.5 Å². The molecule has 0 fully saturated rings. The van der Waals surface area contributed by atoms with Crippen LogP contribution in [0.1, 0.15) is 20.3 Å². The summed E-state index contributed by atoms with van der Waals surface area (Å²) in [6, 6.07) is -0.813. The fourth-order valence-corrected chi connectivity index (χ4v) is 1.58. The monoisotopic (exact) mass is 309 g/mol. The lowest BCUT2D eigenvalue weighted by Crippen LogP contribution is -2.44. The van der Waals surface area contributed by atoms with Gasteiger partial charge < -0.3 is 10.4 Å². The molecule has 20 heavy (non-hydrogen) atoms. The Labute approximate surface area is 117 Å². The Kier molecular flexibility index (Phi) is 6.59. The first-order chi connectivity index (χ1) is 8.94. The van der Waals surface area contributed by atoms with E-state index < -0.39 is 33.3 Å². The van der Waals surface area contributed by atoms with Gasteiger partial charge in [0.25, 0.3) is 0 Å². The zero-order valence-corrected chi connectivity index (χ0v) is 12.3. The Morgan fingerprint density at radius 2 is 1.70 bits per heavy atom. The van der Waals surface area contributed by atoms with Gasteiger partial charge in [0.2, 0.25) is 15.9 Å². The number of sulfonamides is 1. The second kappa shape index (κ2) is 7.20. The van der Waals surface area contributed by atoms with Crippen molar-refractivity contribution < 1.29 is 27.9 Å². The molecule has 10 heteroatoms. The van der Waals surface area contributed by atoms with Gasteiger partial charge in [0.1, 0.15) is 0 Å². The molecule has 0 aromatic heterocycles. The molecule has 0 aromatic rings. The van der Waals surface area contributed by atoms with Crippen LogP contribution in [0.4, 0.5) is 4.79 Å². The van der Waals surface area contributed by atoms with E-state index in [-0.39, 0.29) is 19.5 Å². The summed E-state index contributed by atoms with van der Waals surface area (Å²) in [5.41, 5.74) is -1.28. The maximum atomic E-state index is 11.4. The third-order valence-electron chi connectivity index (χ3n) is 2.21. The van der Waals surface area contributed by atoms with E-state index in [0.717, 1.165) is 6.26 Å². The number of carbonyl (C=O) groups is 3. The molecule has 0 spiro atoms. The number of carboxylic acids is 1. The SMILES string of the molecule is CC(C)(CC(=O)NC(=O)NCCNS(C)(=O)=O)C(=O)O. The molecular formula is C10H19N3O6S. The first-order valence-corrected chi connectivity index (χ1v) is 7.59.